The van der Waals surface area contributed by atoms with Crippen LogP contribution in [0.3, 0.4) is 0 Å². The zero-order valence-corrected chi connectivity index (χ0v) is 15.2. The predicted octanol–water partition coefficient (Wildman–Crippen LogP) is 2.63. The van der Waals surface area contributed by atoms with Gasteiger partial charge in [0, 0.05) is 19.6 Å². The molecular weight excluding hydrogens is 304 g/mol. The zero-order chi connectivity index (χ0) is 17.4. The van der Waals surface area contributed by atoms with E-state index in [0.29, 0.717) is 18.2 Å². The molecule has 3 rings (SSSR count). The van der Waals surface area contributed by atoms with Crippen molar-refractivity contribution in [1.29, 1.82) is 0 Å². The average molecular weight is 334 g/mol. The molecule has 2 fully saturated rings. The van der Waals surface area contributed by atoms with E-state index in [9.17, 15) is 4.79 Å². The first-order valence-electron chi connectivity index (χ1n) is 9.02. The number of rotatable bonds is 4. The van der Waals surface area contributed by atoms with Crippen LogP contribution in [0.15, 0.2) is 16.5 Å². The van der Waals surface area contributed by atoms with Crippen molar-refractivity contribution in [2.24, 2.45) is 10.8 Å². The van der Waals surface area contributed by atoms with Crippen LogP contribution >= 0.6 is 0 Å². The van der Waals surface area contributed by atoms with Gasteiger partial charge in [-0.2, -0.15) is 0 Å². The molecule has 0 aromatic carbocycles. The third-order valence-electron chi connectivity index (χ3n) is 5.17. The summed E-state index contributed by atoms with van der Waals surface area (Å²) in [4.78, 5) is 17.5. The Balaban J connectivity index is 1.65. The first kappa shape index (κ1) is 17.5. The smallest absolute Gasteiger partial charge is 0.230 e. The maximum atomic E-state index is 13.1. The summed E-state index contributed by atoms with van der Waals surface area (Å²) in [7, 11) is 0. The molecule has 0 bridgehead atoms. The van der Waals surface area contributed by atoms with Crippen LogP contribution in [0.25, 0.3) is 0 Å². The number of hydrogen-bond acceptors (Lipinski definition) is 4. The van der Waals surface area contributed by atoms with Crippen LogP contribution in [0.1, 0.15) is 51.6 Å². The minimum absolute atomic E-state index is 0.0653. The molecule has 1 aromatic heterocycles. The highest BCUT2D eigenvalue weighted by Gasteiger charge is 2.48. The Bertz CT molecular complexity index is 590. The number of nitrogens with zero attached hydrogens (tertiary/aromatic N) is 2. The summed E-state index contributed by atoms with van der Waals surface area (Å²) < 4.78 is 5.60. The van der Waals surface area contributed by atoms with Crippen LogP contribution in [0.4, 0.5) is 0 Å². The summed E-state index contributed by atoms with van der Waals surface area (Å²) in [5.41, 5.74) is -0.0583. The van der Waals surface area contributed by atoms with Gasteiger partial charge in [0.15, 0.2) is 0 Å². The van der Waals surface area contributed by atoms with E-state index in [4.69, 9.17) is 9.52 Å². The summed E-state index contributed by atoms with van der Waals surface area (Å²) in [6.07, 6.45) is 3.05. The molecule has 1 atom stereocenters. The second kappa shape index (κ2) is 6.52. The van der Waals surface area contributed by atoms with Crippen molar-refractivity contribution in [1.82, 2.24) is 9.80 Å². The second-order valence-electron chi connectivity index (χ2n) is 8.66. The van der Waals surface area contributed by atoms with E-state index in [1.165, 1.54) is 0 Å². The lowest BCUT2D eigenvalue weighted by Gasteiger charge is -2.42. The number of carbonyl (C=O) groups excluding carboxylic acids is 1. The highest BCUT2D eigenvalue weighted by atomic mass is 16.4. The van der Waals surface area contributed by atoms with Crippen molar-refractivity contribution in [2.45, 2.75) is 53.2 Å². The molecule has 0 aliphatic carbocycles. The monoisotopic (exact) mass is 334 g/mol. The lowest BCUT2D eigenvalue weighted by atomic mass is 9.77. The number of hydrogen-bond donors (Lipinski definition) is 1. The fraction of sp³-hybridized carbons (Fsp3) is 0.737. The van der Waals surface area contributed by atoms with Gasteiger partial charge in [-0.3, -0.25) is 9.69 Å². The highest BCUT2D eigenvalue weighted by molar-refractivity contribution is 5.84. The molecule has 2 aliphatic heterocycles. The Hall–Kier alpha value is -1.33. The summed E-state index contributed by atoms with van der Waals surface area (Å²) in [6, 6.07) is 3.74. The molecule has 1 N–H and O–H groups in total. The number of carbonyl (C=O) groups is 1. The first-order chi connectivity index (χ1) is 11.3. The van der Waals surface area contributed by atoms with E-state index in [-0.39, 0.29) is 17.4 Å². The third kappa shape index (κ3) is 3.67. The van der Waals surface area contributed by atoms with E-state index >= 15 is 0 Å². The number of aliphatic hydroxyl groups excluding tert-OH is 1. The molecular formula is C19H30N2O3. The van der Waals surface area contributed by atoms with Crippen LogP contribution in [0, 0.1) is 10.8 Å². The van der Waals surface area contributed by atoms with Crippen LogP contribution in [0.2, 0.25) is 0 Å². The molecule has 2 saturated heterocycles. The molecule has 1 spiro atoms. The minimum Gasteiger partial charge on any atom is -0.462 e. The Labute approximate surface area is 144 Å². The molecule has 3 heterocycles. The second-order valence-corrected chi connectivity index (χ2v) is 8.66. The van der Waals surface area contributed by atoms with Gasteiger partial charge in [0.2, 0.25) is 5.91 Å². The maximum Gasteiger partial charge on any atom is 0.230 e. The van der Waals surface area contributed by atoms with Crippen molar-refractivity contribution in [3.63, 3.8) is 0 Å². The SMILES string of the molecule is CC(C)(C)CN1CCC[C@@]2(CCN(Cc3ccc(CO)o3)C2)C1=O. The third-order valence-corrected chi connectivity index (χ3v) is 5.17. The molecule has 24 heavy (non-hydrogen) atoms. The highest BCUT2D eigenvalue weighted by Crippen LogP contribution is 2.41. The van der Waals surface area contributed by atoms with Crippen molar-refractivity contribution < 1.29 is 14.3 Å². The number of aliphatic hydroxyl groups is 1. The number of piperidine rings is 1. The topological polar surface area (TPSA) is 56.9 Å². The lowest BCUT2D eigenvalue weighted by Crippen LogP contribution is -2.52. The lowest BCUT2D eigenvalue weighted by molar-refractivity contribution is -0.147. The van der Waals surface area contributed by atoms with E-state index < -0.39 is 0 Å². The van der Waals surface area contributed by atoms with Crippen LogP contribution in [0.5, 0.6) is 0 Å². The number of likely N-dealkylation sites (tertiary alicyclic amines) is 2. The molecule has 0 radical (unpaired) electrons. The molecule has 134 valence electrons. The van der Waals surface area contributed by atoms with Gasteiger partial charge in [0.25, 0.3) is 0 Å². The molecule has 5 heteroatoms. The van der Waals surface area contributed by atoms with Gasteiger partial charge < -0.3 is 14.4 Å². The predicted molar refractivity (Wildman–Crippen MR) is 92.2 cm³/mol. The van der Waals surface area contributed by atoms with Crippen LogP contribution in [-0.4, -0.2) is 47.0 Å². The molecule has 0 unspecified atom stereocenters. The normalized spacial score (nSPS) is 25.8. The van der Waals surface area contributed by atoms with E-state index in [0.717, 1.165) is 51.2 Å². The van der Waals surface area contributed by atoms with Crippen LogP contribution < -0.4 is 0 Å². The number of amides is 1. The van der Waals surface area contributed by atoms with Gasteiger partial charge >= 0.3 is 0 Å². The largest absolute Gasteiger partial charge is 0.462 e. The van der Waals surface area contributed by atoms with E-state index in [1.54, 1.807) is 0 Å². The molecule has 1 aromatic rings. The molecule has 0 saturated carbocycles. The quantitative estimate of drug-likeness (QED) is 0.920. The Morgan fingerprint density at radius 2 is 1.96 bits per heavy atom. The van der Waals surface area contributed by atoms with Crippen molar-refractivity contribution in [3.8, 4) is 0 Å². The van der Waals surface area contributed by atoms with Crippen molar-refractivity contribution >= 4 is 5.91 Å². The van der Waals surface area contributed by atoms with Gasteiger partial charge in [-0.05, 0) is 43.4 Å². The van der Waals surface area contributed by atoms with Crippen LogP contribution in [-0.2, 0) is 17.9 Å². The fourth-order valence-corrected chi connectivity index (χ4v) is 4.16. The van der Waals surface area contributed by atoms with E-state index in [1.807, 2.05) is 12.1 Å². The van der Waals surface area contributed by atoms with Gasteiger partial charge in [0.05, 0.1) is 12.0 Å². The summed E-state index contributed by atoms with van der Waals surface area (Å²) in [6.45, 7) is 10.7. The molecule has 1 amide bonds. The van der Waals surface area contributed by atoms with Crippen molar-refractivity contribution in [3.05, 3.63) is 23.7 Å². The first-order valence-corrected chi connectivity index (χ1v) is 9.02. The van der Waals surface area contributed by atoms with Gasteiger partial charge in [0.1, 0.15) is 18.1 Å². The Morgan fingerprint density at radius 3 is 2.62 bits per heavy atom. The minimum atomic E-state index is -0.199. The summed E-state index contributed by atoms with van der Waals surface area (Å²) >= 11 is 0. The molecule has 2 aliphatic rings. The fourth-order valence-electron chi connectivity index (χ4n) is 4.16. The summed E-state index contributed by atoms with van der Waals surface area (Å²) in [5.74, 6) is 1.82. The average Bonchev–Trinajstić information content (AvgIpc) is 3.11. The zero-order valence-electron chi connectivity index (χ0n) is 15.2. The standard InChI is InChI=1S/C19H30N2O3/c1-18(2,3)13-21-9-4-7-19(17(21)23)8-10-20(14-19)11-15-5-6-16(12-22)24-15/h5-6,22H,4,7-14H2,1-3H3/t19-/m0/s1. The van der Waals surface area contributed by atoms with Gasteiger partial charge in [-0.1, -0.05) is 20.8 Å². The molecule has 5 nitrogen and oxygen atoms in total. The van der Waals surface area contributed by atoms with Gasteiger partial charge in [-0.15, -0.1) is 0 Å². The van der Waals surface area contributed by atoms with E-state index in [2.05, 4.69) is 30.6 Å². The van der Waals surface area contributed by atoms with Gasteiger partial charge in [-0.25, -0.2) is 0 Å². The Morgan fingerprint density at radius 1 is 1.21 bits per heavy atom. The van der Waals surface area contributed by atoms with Crippen molar-refractivity contribution in [2.75, 3.05) is 26.2 Å². The number of furan rings is 1. The maximum absolute atomic E-state index is 13.1. The summed E-state index contributed by atoms with van der Waals surface area (Å²) in [5, 5.41) is 9.11. The Kier molecular flexibility index (Phi) is 4.76.